The van der Waals surface area contributed by atoms with Gasteiger partial charge in [-0.1, -0.05) is 44.6 Å². The second-order valence-electron chi connectivity index (χ2n) is 28.7. The first kappa shape index (κ1) is 49.6. The van der Waals surface area contributed by atoms with Crippen molar-refractivity contribution in [1.29, 1.82) is 0 Å². The van der Waals surface area contributed by atoms with Gasteiger partial charge in [0.1, 0.15) is 0 Å². The van der Waals surface area contributed by atoms with Crippen molar-refractivity contribution in [3.05, 3.63) is 138 Å². The van der Waals surface area contributed by atoms with E-state index in [4.69, 9.17) is 58.8 Å². The first-order valence-electron chi connectivity index (χ1n) is 31.5. The van der Waals surface area contributed by atoms with Crippen molar-refractivity contribution in [3.8, 4) is 45.6 Å². The molecule has 13 heteroatoms. The Morgan fingerprint density at radius 1 is 0.271 bits per heavy atom. The van der Waals surface area contributed by atoms with Gasteiger partial charge >= 0.3 is 16.5 Å². The SMILES string of the molecule is CC1=C(C)CC2C3OC(c4cc5c(cc43)-c3nc-5nc4[n-]c(nc5nc(nc6[n-]c(n3)c3cc7c(cc63)C3OC7C6CC(C)=C(C)CC36)-c3cc6c(cc3-5)C3OC6C5CC(C)=C(C)CC35)c3cc5c(cc43)C3OC5C4CC(C)=C(C)CC34)C2C1.[Ni+2]. The van der Waals surface area contributed by atoms with E-state index in [-0.39, 0.29) is 65.3 Å². The Kier molecular flexibility index (Phi) is 9.68. The van der Waals surface area contributed by atoms with Crippen LogP contribution in [0.3, 0.4) is 0 Å². The summed E-state index contributed by atoms with van der Waals surface area (Å²) in [6.45, 7) is 18.5. The van der Waals surface area contributed by atoms with E-state index in [1.165, 1.54) is 89.1 Å². The zero-order valence-corrected chi connectivity index (χ0v) is 50.0. The molecule has 4 aromatic carbocycles. The Labute approximate surface area is 502 Å². The van der Waals surface area contributed by atoms with Gasteiger partial charge in [-0.15, -0.1) is 0 Å². The van der Waals surface area contributed by atoms with Gasteiger partial charge in [-0.25, -0.2) is 9.97 Å². The fraction of sp³-hybridized carbons (Fsp3) is 0.444. The molecule has 4 saturated heterocycles. The van der Waals surface area contributed by atoms with Crippen molar-refractivity contribution < 1.29 is 35.4 Å². The second-order valence-corrected chi connectivity index (χ2v) is 28.7. The molecule has 14 aliphatic rings. The number of hydrogen-bond donors (Lipinski definition) is 0. The van der Waals surface area contributed by atoms with Crippen LogP contribution in [-0.4, -0.2) is 29.9 Å². The van der Waals surface area contributed by atoms with E-state index in [2.05, 4.69) is 104 Å². The summed E-state index contributed by atoms with van der Waals surface area (Å²) in [6, 6.07) is 18.7. The molecule has 4 fully saturated rings. The molecule has 7 aromatic rings. The smallest absolute Gasteiger partial charge is 0.365 e. The fourth-order valence-corrected chi connectivity index (χ4v) is 19.9. The summed E-state index contributed by atoms with van der Waals surface area (Å²) in [7, 11) is 0. The molecule has 0 radical (unpaired) electrons. The van der Waals surface area contributed by atoms with Gasteiger partial charge in [0, 0.05) is 44.8 Å². The molecule has 426 valence electrons. The summed E-state index contributed by atoms with van der Waals surface area (Å²) in [6.07, 6.45) is 8.67. The molecule has 21 rings (SSSR count). The van der Waals surface area contributed by atoms with Crippen molar-refractivity contribution in [2.75, 3.05) is 0 Å². The first-order chi connectivity index (χ1) is 40.8. The van der Waals surface area contributed by atoms with Gasteiger partial charge in [0.15, 0.2) is 0 Å². The molecule has 0 N–H and O–H groups in total. The van der Waals surface area contributed by atoms with Crippen LogP contribution in [0, 0.1) is 47.3 Å². The summed E-state index contributed by atoms with van der Waals surface area (Å²) in [5, 5.41) is 3.77. The minimum atomic E-state index is 0. The second kappa shape index (κ2) is 16.6. The van der Waals surface area contributed by atoms with Crippen LogP contribution >= 0.6 is 0 Å². The number of aromatic nitrogens is 8. The summed E-state index contributed by atoms with van der Waals surface area (Å²) >= 11 is 0. The Bertz CT molecular complexity index is 4150. The summed E-state index contributed by atoms with van der Waals surface area (Å²) in [4.78, 5) is 44.7. The minimum absolute atomic E-state index is 0. The normalized spacial score (nSPS) is 34.0. The maximum Gasteiger partial charge on any atom is 2.00 e. The zero-order valence-electron chi connectivity index (χ0n) is 49.0. The average Bonchev–Trinajstić information content (AvgIpc) is 1.66. The van der Waals surface area contributed by atoms with Crippen LogP contribution in [0.1, 0.15) is 200 Å². The molecular formula is C72H64N8NiO4. The van der Waals surface area contributed by atoms with E-state index < -0.39 is 0 Å². The van der Waals surface area contributed by atoms with Gasteiger partial charge in [0.2, 0.25) is 0 Å². The predicted molar refractivity (Wildman–Crippen MR) is 319 cm³/mol. The van der Waals surface area contributed by atoms with Gasteiger partial charge in [-0.2, -0.15) is 0 Å². The van der Waals surface area contributed by atoms with E-state index >= 15 is 0 Å². The predicted octanol–water partition coefficient (Wildman–Crippen LogP) is 16.1. The van der Waals surface area contributed by atoms with Crippen LogP contribution in [0.2, 0.25) is 0 Å². The van der Waals surface area contributed by atoms with Crippen molar-refractivity contribution in [1.82, 2.24) is 39.9 Å². The van der Waals surface area contributed by atoms with E-state index in [9.17, 15) is 0 Å². The summed E-state index contributed by atoms with van der Waals surface area (Å²) in [5.41, 5.74) is 28.2. The Morgan fingerprint density at radius 3 is 0.635 bits per heavy atom. The molecule has 16 unspecified atom stereocenters. The Morgan fingerprint density at radius 2 is 0.447 bits per heavy atom. The number of nitrogens with zero attached hydrogens (tertiary/aromatic N) is 8. The number of benzene rings is 4. The topological polar surface area (TPSA) is 142 Å². The number of ether oxygens (including phenoxy) is 4. The molecule has 0 amide bonds. The molecule has 13 heterocycles. The van der Waals surface area contributed by atoms with Crippen molar-refractivity contribution in [2.24, 2.45) is 47.3 Å². The van der Waals surface area contributed by atoms with Crippen molar-refractivity contribution in [3.63, 3.8) is 0 Å². The molecule has 10 aliphatic heterocycles. The van der Waals surface area contributed by atoms with Gasteiger partial charge in [-0.05, 0) is 269 Å². The molecule has 85 heavy (non-hydrogen) atoms. The fourth-order valence-electron chi connectivity index (χ4n) is 19.9. The van der Waals surface area contributed by atoms with E-state index in [1.807, 2.05) is 0 Å². The molecule has 16 bridgehead atoms. The Hall–Kier alpha value is -6.47. The molecule has 12 nitrogen and oxygen atoms in total. The van der Waals surface area contributed by atoms with Gasteiger partial charge in [0.25, 0.3) is 0 Å². The van der Waals surface area contributed by atoms with Crippen LogP contribution in [0.5, 0.6) is 0 Å². The van der Waals surface area contributed by atoms with Crippen LogP contribution in [0.25, 0.3) is 89.7 Å². The monoisotopic (exact) mass is 1160 g/mol. The largest absolute Gasteiger partial charge is 2.00 e. The van der Waals surface area contributed by atoms with Gasteiger partial charge < -0.3 is 48.9 Å². The molecular weight excluding hydrogens is 1100 g/mol. The maximum absolute atomic E-state index is 7.06. The average molecular weight is 1160 g/mol. The van der Waals surface area contributed by atoms with Crippen molar-refractivity contribution in [2.45, 2.75) is 156 Å². The third-order valence-electron chi connectivity index (χ3n) is 24.7. The number of hydrogen-bond acceptors (Lipinski definition) is 10. The molecule has 4 aliphatic carbocycles. The maximum atomic E-state index is 7.06. The van der Waals surface area contributed by atoms with Crippen LogP contribution in [-0.2, 0) is 35.4 Å². The summed E-state index contributed by atoms with van der Waals surface area (Å²) in [5.74, 6) is 5.88. The molecule has 0 spiro atoms. The Balaban J connectivity index is 0.00000515. The minimum Gasteiger partial charge on any atom is -0.365 e. The summed E-state index contributed by atoms with van der Waals surface area (Å²) < 4.78 is 28.3. The van der Waals surface area contributed by atoms with E-state index in [0.717, 1.165) is 95.2 Å². The van der Waals surface area contributed by atoms with Crippen LogP contribution in [0.4, 0.5) is 0 Å². The van der Waals surface area contributed by atoms with Crippen LogP contribution in [0.15, 0.2) is 93.1 Å². The third-order valence-corrected chi connectivity index (χ3v) is 24.7. The third kappa shape index (κ3) is 6.27. The quantitative estimate of drug-likeness (QED) is 0.105. The first-order valence-corrected chi connectivity index (χ1v) is 31.5. The number of allylic oxidation sites excluding steroid dienone is 8. The van der Waals surface area contributed by atoms with Crippen molar-refractivity contribution >= 4 is 44.1 Å². The molecule has 16 atom stereocenters. The van der Waals surface area contributed by atoms with Gasteiger partial charge in [-0.3, -0.25) is 0 Å². The molecule has 0 saturated carbocycles. The standard InChI is InChI=1S/C72H64N8O4.Ni/c1-25-9-33-34(10-26(25)2)58-42-18-50-49(17-41(42)57(33)81-58)65-73-66(50)78-68-53-21-45-46(62-38-14-30(6)29(5)13-37(38)61(45)83-62)22-54(53)70(75-68)80-72-56-24-48-47(63-39-15-31(7)32(8)16-40(39)64(48)84-63)23-55(56)71(76-72)79-69-52-20-44-43(19-51(52)67(74-69)77-65)59-35-11-27(3)28(4)12-36(35)60(44)82-59;/h17-24,33-40,57-64H,9-16H2,1-8H3;/q-2;+2. The van der Waals surface area contributed by atoms with Gasteiger partial charge in [0.05, 0.1) is 72.1 Å². The van der Waals surface area contributed by atoms with E-state index in [0.29, 0.717) is 93.2 Å². The zero-order chi connectivity index (χ0) is 55.5. The molecule has 3 aromatic heterocycles. The number of rotatable bonds is 0. The van der Waals surface area contributed by atoms with Crippen LogP contribution < -0.4 is 9.97 Å². The number of fused-ring (bicyclic) bond motifs is 52. The van der Waals surface area contributed by atoms with E-state index in [1.54, 1.807) is 0 Å².